The van der Waals surface area contributed by atoms with E-state index in [1.54, 1.807) is 41.1 Å². The van der Waals surface area contributed by atoms with Crippen molar-refractivity contribution >= 4 is 59.9 Å². The second kappa shape index (κ2) is 11.0. The number of hydrogen-bond acceptors (Lipinski definition) is 8. The minimum absolute atomic E-state index is 0.0693. The quantitative estimate of drug-likeness (QED) is 0.220. The summed E-state index contributed by atoms with van der Waals surface area (Å²) >= 11 is 0. The molecular weight excluding hydrogens is 637 g/mol. The molecular formula is C32H23F3N6O5S. The summed E-state index contributed by atoms with van der Waals surface area (Å²) in [5.74, 6) is -1.17. The predicted octanol–water partition coefficient (Wildman–Crippen LogP) is 6.01. The minimum Gasteiger partial charge on any atom is -0.455 e. The molecule has 0 unspecified atom stereocenters. The number of ether oxygens (including phenoxy) is 1. The molecule has 1 N–H and O–H groups in total. The lowest BCUT2D eigenvalue weighted by Crippen LogP contribution is -2.25. The largest absolute Gasteiger partial charge is 0.455 e. The van der Waals surface area contributed by atoms with E-state index in [-0.39, 0.29) is 39.9 Å². The highest BCUT2D eigenvalue weighted by atomic mass is 32.2. The average molecular weight is 661 g/mol. The number of anilines is 1. The Bertz CT molecular complexity index is 2500. The molecule has 0 aliphatic carbocycles. The van der Waals surface area contributed by atoms with Gasteiger partial charge >= 0.3 is 6.61 Å². The lowest BCUT2D eigenvalue weighted by Gasteiger charge is -2.20. The van der Waals surface area contributed by atoms with E-state index < -0.39 is 22.5 Å². The van der Waals surface area contributed by atoms with Crippen LogP contribution in [0.15, 0.2) is 77.7 Å². The van der Waals surface area contributed by atoms with Gasteiger partial charge in [-0.3, -0.25) is 18.5 Å². The number of pyridine rings is 2. The van der Waals surface area contributed by atoms with Crippen LogP contribution >= 0.6 is 0 Å². The number of hydrogen-bond donors (Lipinski definition) is 1. The molecule has 7 rings (SSSR count). The number of furan rings is 1. The van der Waals surface area contributed by atoms with Gasteiger partial charge in [0.15, 0.2) is 0 Å². The molecule has 0 aliphatic rings. The van der Waals surface area contributed by atoms with Crippen molar-refractivity contribution < 1.29 is 35.5 Å². The van der Waals surface area contributed by atoms with Crippen molar-refractivity contribution in [2.75, 3.05) is 24.7 Å². The topological polar surface area (TPSA) is 132 Å². The maximum absolute atomic E-state index is 14.7. The molecule has 1 amide bonds. The van der Waals surface area contributed by atoms with Crippen LogP contribution in [0.2, 0.25) is 0 Å². The van der Waals surface area contributed by atoms with E-state index in [2.05, 4.69) is 25.0 Å². The van der Waals surface area contributed by atoms with Gasteiger partial charge in [-0.1, -0.05) is 6.07 Å². The normalized spacial score (nSPS) is 12.1. The van der Waals surface area contributed by atoms with Crippen molar-refractivity contribution in [3.05, 3.63) is 84.7 Å². The van der Waals surface area contributed by atoms with E-state index in [0.29, 0.717) is 44.0 Å². The van der Waals surface area contributed by atoms with Crippen LogP contribution in [-0.4, -0.2) is 60.6 Å². The molecule has 5 aromatic heterocycles. The Morgan fingerprint density at radius 1 is 1.00 bits per heavy atom. The minimum atomic E-state index is -3.80. The van der Waals surface area contributed by atoms with Crippen molar-refractivity contribution in [1.29, 1.82) is 0 Å². The summed E-state index contributed by atoms with van der Waals surface area (Å²) in [6.45, 7) is -3.07. The number of rotatable bonds is 7. The fourth-order valence-electron chi connectivity index (χ4n) is 5.58. The Hall–Kier alpha value is -5.70. The molecule has 0 atom stereocenters. The third-order valence-electron chi connectivity index (χ3n) is 7.88. The van der Waals surface area contributed by atoms with Crippen LogP contribution in [0.25, 0.3) is 60.9 Å². The van der Waals surface area contributed by atoms with Crippen LogP contribution in [0, 0.1) is 5.82 Å². The monoisotopic (exact) mass is 660 g/mol. The maximum atomic E-state index is 14.7. The molecule has 0 bridgehead atoms. The third kappa shape index (κ3) is 5.04. The number of fused-ring (bicyclic) bond motifs is 6. The van der Waals surface area contributed by atoms with E-state index >= 15 is 0 Å². The number of carbonyl (C=O) groups is 1. The van der Waals surface area contributed by atoms with Crippen molar-refractivity contribution in [3.8, 4) is 28.5 Å². The zero-order chi connectivity index (χ0) is 33.2. The van der Waals surface area contributed by atoms with Crippen LogP contribution in [0.1, 0.15) is 10.4 Å². The first-order chi connectivity index (χ1) is 22.4. The zero-order valence-corrected chi connectivity index (χ0v) is 25.6. The SMILES string of the molecule is CNC(=O)c1c(-c2ccc(OC(F)F)nc2)oc2cc(N(C)S(C)(=O)=O)c(-c3cc4c(cn3)ncn3c5cccc(F)c5cc43)cc12. The number of sulfonamides is 1. The van der Waals surface area contributed by atoms with E-state index in [1.807, 2.05) is 0 Å². The van der Waals surface area contributed by atoms with Crippen LogP contribution in [0.5, 0.6) is 5.88 Å². The first kappa shape index (κ1) is 30.0. The van der Waals surface area contributed by atoms with Crippen LogP contribution < -0.4 is 14.4 Å². The van der Waals surface area contributed by atoms with Crippen molar-refractivity contribution in [1.82, 2.24) is 24.7 Å². The number of nitrogens with zero attached hydrogens (tertiary/aromatic N) is 5. The molecule has 0 spiro atoms. The van der Waals surface area contributed by atoms with Gasteiger partial charge in [0.05, 0.1) is 45.9 Å². The summed E-state index contributed by atoms with van der Waals surface area (Å²) in [5, 5.41) is 3.93. The van der Waals surface area contributed by atoms with Crippen molar-refractivity contribution in [2.24, 2.45) is 0 Å². The van der Waals surface area contributed by atoms with Gasteiger partial charge in [0.2, 0.25) is 15.9 Å². The van der Waals surface area contributed by atoms with E-state index in [9.17, 15) is 26.4 Å². The van der Waals surface area contributed by atoms with E-state index in [0.717, 1.165) is 10.6 Å². The number of nitrogens with one attached hydrogen (secondary N) is 1. The van der Waals surface area contributed by atoms with Gasteiger partial charge in [0.1, 0.15) is 23.5 Å². The van der Waals surface area contributed by atoms with Gasteiger partial charge < -0.3 is 14.5 Å². The van der Waals surface area contributed by atoms with Crippen LogP contribution in [0.3, 0.4) is 0 Å². The molecule has 15 heteroatoms. The van der Waals surface area contributed by atoms with Gasteiger partial charge in [-0.15, -0.1) is 0 Å². The second-order valence-corrected chi connectivity index (χ2v) is 12.7. The fraction of sp³-hybridized carbons (Fsp3) is 0.125. The van der Waals surface area contributed by atoms with Crippen LogP contribution in [0.4, 0.5) is 18.9 Å². The summed E-state index contributed by atoms with van der Waals surface area (Å²) in [6.07, 6.45) is 5.38. The first-order valence-corrected chi connectivity index (χ1v) is 15.8. The van der Waals surface area contributed by atoms with Crippen LogP contribution in [-0.2, 0) is 10.0 Å². The highest BCUT2D eigenvalue weighted by Crippen LogP contribution is 2.41. The number of alkyl halides is 2. The summed E-state index contributed by atoms with van der Waals surface area (Å²) in [4.78, 5) is 26.3. The van der Waals surface area contributed by atoms with Gasteiger partial charge in [-0.25, -0.2) is 22.8 Å². The lowest BCUT2D eigenvalue weighted by molar-refractivity contribution is -0.0528. The molecule has 0 fully saturated rings. The standard InChI is InChI=1S/C32H23F3N6O5S/c1-36-31(42)29-20-9-18(22-10-19-23(14-37-22)39-15-41-24-6-4-5-21(33)17(24)11-26(19)41)25(40(2)47(3,43)44)12-27(20)45-30(29)16-7-8-28(38-13-16)46-32(34)35/h4-15,32H,1-3H3,(H,36,42). The highest BCUT2D eigenvalue weighted by molar-refractivity contribution is 7.92. The number of halogens is 3. The van der Waals surface area contributed by atoms with Crippen molar-refractivity contribution in [2.45, 2.75) is 6.61 Å². The number of aromatic nitrogens is 4. The van der Waals surface area contributed by atoms with E-state index in [4.69, 9.17) is 4.42 Å². The Morgan fingerprint density at radius 3 is 2.51 bits per heavy atom. The number of benzene rings is 2. The predicted molar refractivity (Wildman–Crippen MR) is 170 cm³/mol. The Balaban J connectivity index is 1.49. The lowest BCUT2D eigenvalue weighted by atomic mass is 10.0. The summed E-state index contributed by atoms with van der Waals surface area (Å²) in [6, 6.07) is 13.9. The zero-order valence-electron chi connectivity index (χ0n) is 24.8. The molecule has 0 saturated carbocycles. The Labute approximate surface area is 264 Å². The second-order valence-electron chi connectivity index (χ2n) is 10.6. The molecule has 5 heterocycles. The number of carbonyl (C=O) groups excluding carboxylic acids is 1. The smallest absolute Gasteiger partial charge is 0.388 e. The Morgan fingerprint density at radius 2 is 1.81 bits per heavy atom. The van der Waals surface area contributed by atoms with Gasteiger partial charge in [0, 0.05) is 59.7 Å². The molecule has 0 saturated heterocycles. The molecule has 0 aliphatic heterocycles. The molecule has 7 aromatic rings. The summed E-state index contributed by atoms with van der Waals surface area (Å²) in [7, 11) is -0.997. The molecule has 2 aromatic carbocycles. The van der Waals surface area contributed by atoms with Crippen molar-refractivity contribution in [3.63, 3.8) is 0 Å². The third-order valence-corrected chi connectivity index (χ3v) is 9.07. The molecule has 11 nitrogen and oxygen atoms in total. The molecule has 238 valence electrons. The molecule has 47 heavy (non-hydrogen) atoms. The van der Waals surface area contributed by atoms with Gasteiger partial charge in [-0.2, -0.15) is 8.78 Å². The fourth-order valence-corrected chi connectivity index (χ4v) is 6.08. The number of amides is 1. The van der Waals surface area contributed by atoms with Gasteiger partial charge in [0.25, 0.3) is 5.91 Å². The Kier molecular flexibility index (Phi) is 7.00. The maximum Gasteiger partial charge on any atom is 0.388 e. The van der Waals surface area contributed by atoms with Gasteiger partial charge in [-0.05, 0) is 36.4 Å². The molecule has 0 radical (unpaired) electrons. The van der Waals surface area contributed by atoms with E-state index in [1.165, 1.54) is 50.8 Å². The average Bonchev–Trinajstić information content (AvgIpc) is 3.62. The summed E-state index contributed by atoms with van der Waals surface area (Å²) < 4.78 is 79.0. The first-order valence-electron chi connectivity index (χ1n) is 14.0. The summed E-state index contributed by atoms with van der Waals surface area (Å²) in [5.41, 5.74) is 3.22. The highest BCUT2D eigenvalue weighted by Gasteiger charge is 2.27.